The molecule has 7 nitrogen and oxygen atoms in total. The van der Waals surface area contributed by atoms with Gasteiger partial charge in [0, 0.05) is 26.6 Å². The van der Waals surface area contributed by atoms with Gasteiger partial charge in [0.05, 0.1) is 11.9 Å². The molecule has 2 heterocycles. The molecule has 1 aliphatic heterocycles. The van der Waals surface area contributed by atoms with Crippen LogP contribution in [0.5, 0.6) is 0 Å². The van der Waals surface area contributed by atoms with Gasteiger partial charge in [0.2, 0.25) is 5.91 Å². The van der Waals surface area contributed by atoms with Crippen molar-refractivity contribution in [1.82, 2.24) is 10.3 Å². The molecule has 0 radical (unpaired) electrons. The van der Waals surface area contributed by atoms with Crippen LogP contribution >= 0.6 is 0 Å². The first-order valence-electron chi connectivity index (χ1n) is 6.95. The third kappa shape index (κ3) is 3.84. The fourth-order valence-corrected chi connectivity index (χ4v) is 2.52. The largest absolute Gasteiger partial charge is 0.478 e. The van der Waals surface area contributed by atoms with Crippen LogP contribution in [0.4, 0.5) is 11.5 Å². The molecule has 0 aliphatic carbocycles. The van der Waals surface area contributed by atoms with Crippen LogP contribution < -0.4 is 16.0 Å². The van der Waals surface area contributed by atoms with E-state index in [0.29, 0.717) is 24.0 Å². The maximum absolute atomic E-state index is 11.3. The summed E-state index contributed by atoms with van der Waals surface area (Å²) in [6, 6.07) is 1.44. The van der Waals surface area contributed by atoms with E-state index >= 15 is 0 Å². The first-order valence-corrected chi connectivity index (χ1v) is 6.95. The molecule has 1 aliphatic rings. The molecular weight excluding hydrogens is 272 g/mol. The lowest BCUT2D eigenvalue weighted by molar-refractivity contribution is -0.119. The van der Waals surface area contributed by atoms with Gasteiger partial charge in [0.1, 0.15) is 11.4 Å². The molecule has 1 fully saturated rings. The summed E-state index contributed by atoms with van der Waals surface area (Å²) < 4.78 is 0. The van der Waals surface area contributed by atoms with Crippen molar-refractivity contribution >= 4 is 23.4 Å². The number of rotatable bonds is 4. The maximum Gasteiger partial charge on any atom is 0.339 e. The minimum atomic E-state index is -1.02. The Morgan fingerprint density at radius 2 is 2.14 bits per heavy atom. The van der Waals surface area contributed by atoms with E-state index < -0.39 is 5.97 Å². The van der Waals surface area contributed by atoms with Crippen molar-refractivity contribution in [3.8, 4) is 0 Å². The molecule has 0 saturated carbocycles. The second kappa shape index (κ2) is 6.43. The molecule has 1 amide bonds. The predicted molar refractivity (Wildman–Crippen MR) is 79.2 cm³/mol. The number of carbonyl (C=O) groups excluding carboxylic acids is 1. The molecule has 0 aromatic carbocycles. The van der Waals surface area contributed by atoms with Crippen LogP contribution in [-0.4, -0.2) is 41.6 Å². The number of nitrogens with two attached hydrogens (primary N) is 1. The van der Waals surface area contributed by atoms with E-state index in [1.807, 2.05) is 4.90 Å². The Labute approximate surface area is 123 Å². The van der Waals surface area contributed by atoms with Crippen molar-refractivity contribution < 1.29 is 14.7 Å². The van der Waals surface area contributed by atoms with E-state index in [1.165, 1.54) is 19.2 Å². The van der Waals surface area contributed by atoms with Gasteiger partial charge in [-0.1, -0.05) is 0 Å². The second-order valence-corrected chi connectivity index (χ2v) is 5.31. The van der Waals surface area contributed by atoms with E-state index in [-0.39, 0.29) is 11.5 Å². The number of aromatic nitrogens is 1. The fourth-order valence-electron chi connectivity index (χ4n) is 2.52. The van der Waals surface area contributed by atoms with Crippen LogP contribution in [-0.2, 0) is 4.79 Å². The molecular formula is C14H20N4O3. The van der Waals surface area contributed by atoms with Gasteiger partial charge in [-0.3, -0.25) is 4.79 Å². The normalized spacial score (nSPS) is 15.8. The molecule has 4 N–H and O–H groups in total. The van der Waals surface area contributed by atoms with Gasteiger partial charge in [-0.2, -0.15) is 0 Å². The zero-order valence-corrected chi connectivity index (χ0v) is 12.0. The van der Waals surface area contributed by atoms with Gasteiger partial charge in [-0.05, 0) is 24.8 Å². The number of carboxylic acid groups (broad SMARTS) is 1. The molecule has 1 aromatic rings. The molecule has 21 heavy (non-hydrogen) atoms. The Balaban J connectivity index is 2.02. The number of anilines is 2. The van der Waals surface area contributed by atoms with E-state index in [4.69, 9.17) is 5.73 Å². The van der Waals surface area contributed by atoms with Crippen molar-refractivity contribution in [3.63, 3.8) is 0 Å². The third-order valence-corrected chi connectivity index (χ3v) is 3.67. The van der Waals surface area contributed by atoms with Gasteiger partial charge >= 0.3 is 5.97 Å². The lowest BCUT2D eigenvalue weighted by Crippen LogP contribution is -2.39. The van der Waals surface area contributed by atoms with Crippen molar-refractivity contribution in [3.05, 3.63) is 17.8 Å². The Morgan fingerprint density at radius 3 is 2.71 bits per heavy atom. The summed E-state index contributed by atoms with van der Waals surface area (Å²) in [5, 5.41) is 12.1. The average molecular weight is 292 g/mol. The third-order valence-electron chi connectivity index (χ3n) is 3.67. The minimum absolute atomic E-state index is 0.0224. The first kappa shape index (κ1) is 15.1. The average Bonchev–Trinajstić information content (AvgIpc) is 2.45. The maximum atomic E-state index is 11.3. The van der Waals surface area contributed by atoms with Crippen LogP contribution in [0.15, 0.2) is 12.3 Å². The minimum Gasteiger partial charge on any atom is -0.478 e. The Hall–Kier alpha value is -2.31. The number of carboxylic acids is 1. The topological polar surface area (TPSA) is 109 Å². The Bertz CT molecular complexity index is 539. The van der Waals surface area contributed by atoms with Gasteiger partial charge in [-0.15, -0.1) is 0 Å². The zero-order valence-electron chi connectivity index (χ0n) is 12.0. The van der Waals surface area contributed by atoms with Crippen molar-refractivity contribution in [2.24, 2.45) is 5.92 Å². The molecule has 7 heteroatoms. The second-order valence-electron chi connectivity index (χ2n) is 5.31. The summed E-state index contributed by atoms with van der Waals surface area (Å²) >= 11 is 0. The van der Waals surface area contributed by atoms with Crippen LogP contribution in [0, 0.1) is 5.92 Å². The van der Waals surface area contributed by atoms with Gasteiger partial charge in [0.15, 0.2) is 0 Å². The summed E-state index contributed by atoms with van der Waals surface area (Å²) in [7, 11) is 0. The first-order chi connectivity index (χ1) is 9.97. The highest BCUT2D eigenvalue weighted by Crippen LogP contribution is 2.25. The number of hydrogen-bond acceptors (Lipinski definition) is 5. The van der Waals surface area contributed by atoms with E-state index in [1.54, 1.807) is 0 Å². The smallest absolute Gasteiger partial charge is 0.339 e. The van der Waals surface area contributed by atoms with Crippen LogP contribution in [0.1, 0.15) is 30.1 Å². The summed E-state index contributed by atoms with van der Waals surface area (Å²) in [6.07, 6.45) is 3.27. The molecule has 114 valence electrons. The molecule has 0 atom stereocenters. The highest BCUT2D eigenvalue weighted by atomic mass is 16.4. The number of nitrogens with zero attached hydrogens (tertiary/aromatic N) is 2. The van der Waals surface area contributed by atoms with Crippen molar-refractivity contribution in [1.29, 1.82) is 0 Å². The quantitative estimate of drug-likeness (QED) is 0.754. The monoisotopic (exact) mass is 292 g/mol. The highest BCUT2D eigenvalue weighted by molar-refractivity contribution is 5.94. The molecule has 0 spiro atoms. The van der Waals surface area contributed by atoms with E-state index in [2.05, 4.69) is 10.3 Å². The highest BCUT2D eigenvalue weighted by Gasteiger charge is 2.24. The summed E-state index contributed by atoms with van der Waals surface area (Å²) in [4.78, 5) is 28.3. The Kier molecular flexibility index (Phi) is 4.62. The molecule has 1 saturated heterocycles. The van der Waals surface area contributed by atoms with E-state index in [9.17, 15) is 14.7 Å². The number of hydrogen-bond donors (Lipinski definition) is 3. The number of aromatic carboxylic acids is 1. The van der Waals surface area contributed by atoms with Gasteiger partial charge in [0.25, 0.3) is 0 Å². The number of nitrogen functional groups attached to an aromatic ring is 1. The zero-order chi connectivity index (χ0) is 15.4. The number of pyridine rings is 1. The SMILES string of the molecule is CC(=O)NCC1CCN(c2ncc(N)cc2C(=O)O)CC1. The summed E-state index contributed by atoms with van der Waals surface area (Å²) in [5.41, 5.74) is 6.08. The lowest BCUT2D eigenvalue weighted by atomic mass is 9.96. The van der Waals surface area contributed by atoms with Crippen LogP contribution in [0.25, 0.3) is 0 Å². The van der Waals surface area contributed by atoms with E-state index in [0.717, 1.165) is 25.9 Å². The molecule has 0 bridgehead atoms. The standard InChI is InChI=1S/C14H20N4O3/c1-9(19)16-7-10-2-4-18(5-3-10)13-12(14(20)21)6-11(15)8-17-13/h6,8,10H,2-5,7,15H2,1H3,(H,16,19)(H,20,21). The van der Waals surface area contributed by atoms with Gasteiger partial charge < -0.3 is 21.1 Å². The molecule has 2 rings (SSSR count). The fraction of sp³-hybridized carbons (Fsp3) is 0.500. The van der Waals surface area contributed by atoms with Crippen LogP contribution in [0.3, 0.4) is 0 Å². The molecule has 0 unspecified atom stereocenters. The number of nitrogens with one attached hydrogen (secondary N) is 1. The van der Waals surface area contributed by atoms with Crippen molar-refractivity contribution in [2.75, 3.05) is 30.3 Å². The number of piperidine rings is 1. The number of amides is 1. The summed E-state index contributed by atoms with van der Waals surface area (Å²) in [5.74, 6) is -0.155. The van der Waals surface area contributed by atoms with Crippen LogP contribution in [0.2, 0.25) is 0 Å². The lowest BCUT2D eigenvalue weighted by Gasteiger charge is -2.33. The van der Waals surface area contributed by atoms with Crippen molar-refractivity contribution in [2.45, 2.75) is 19.8 Å². The van der Waals surface area contributed by atoms with Gasteiger partial charge in [-0.25, -0.2) is 9.78 Å². The summed E-state index contributed by atoms with van der Waals surface area (Å²) in [6.45, 7) is 3.62. The molecule has 1 aromatic heterocycles. The Morgan fingerprint density at radius 1 is 1.48 bits per heavy atom. The predicted octanol–water partition coefficient (Wildman–Crippen LogP) is 0.714. The number of carbonyl (C=O) groups is 2.